The Balaban J connectivity index is 2.52. The highest BCUT2D eigenvalue weighted by Crippen LogP contribution is 2.16. The molecule has 0 N–H and O–H groups in total. The largest absolute Gasteiger partial charge is 0.237 e. The minimum Gasteiger partial charge on any atom is -0.237 e. The molecule has 0 aliphatic heterocycles. The second-order valence-electron chi connectivity index (χ2n) is 3.16. The normalized spacial score (nSPS) is 10.4. The fraction of sp³-hybridized carbons (Fsp3) is 0.182. The number of hydrogen-bond donors (Lipinski definition) is 0. The van der Waals surface area contributed by atoms with Crippen molar-refractivity contribution in [3.63, 3.8) is 0 Å². The van der Waals surface area contributed by atoms with Crippen LogP contribution in [0.5, 0.6) is 0 Å². The molecule has 72 valence electrons. The van der Waals surface area contributed by atoms with E-state index in [-0.39, 0.29) is 0 Å². The van der Waals surface area contributed by atoms with Gasteiger partial charge in [0, 0.05) is 5.33 Å². The second-order valence-corrected chi connectivity index (χ2v) is 3.72. The molecule has 0 amide bonds. The molecule has 2 rings (SSSR count). The standard InChI is InChI=1S/C11H11BrN2/c1-9-8-13-14(11(9)7-12)10-5-3-2-4-6-10/h2-6,8H,7H2,1H3. The number of benzene rings is 1. The monoisotopic (exact) mass is 250 g/mol. The maximum atomic E-state index is 4.34. The average Bonchev–Trinajstić information content (AvgIpc) is 2.61. The molecule has 0 fully saturated rings. The highest BCUT2D eigenvalue weighted by molar-refractivity contribution is 9.08. The number of para-hydroxylation sites is 1. The molecule has 2 nitrogen and oxygen atoms in total. The highest BCUT2D eigenvalue weighted by Gasteiger charge is 2.06. The van der Waals surface area contributed by atoms with Gasteiger partial charge >= 0.3 is 0 Å². The van der Waals surface area contributed by atoms with Crippen molar-refractivity contribution in [1.29, 1.82) is 0 Å². The van der Waals surface area contributed by atoms with Crippen LogP contribution in [0, 0.1) is 6.92 Å². The first-order valence-corrected chi connectivity index (χ1v) is 5.60. The van der Waals surface area contributed by atoms with E-state index in [0.29, 0.717) is 0 Å². The third kappa shape index (κ3) is 1.60. The van der Waals surface area contributed by atoms with E-state index in [9.17, 15) is 0 Å². The molecule has 0 unspecified atom stereocenters. The van der Waals surface area contributed by atoms with Crippen molar-refractivity contribution in [1.82, 2.24) is 9.78 Å². The topological polar surface area (TPSA) is 17.8 Å². The summed E-state index contributed by atoms with van der Waals surface area (Å²) in [6, 6.07) is 10.2. The maximum absolute atomic E-state index is 4.34. The second kappa shape index (κ2) is 3.96. The van der Waals surface area contributed by atoms with Gasteiger partial charge in [-0.3, -0.25) is 0 Å². The minimum absolute atomic E-state index is 0.827. The zero-order chi connectivity index (χ0) is 9.97. The molecule has 0 spiro atoms. The first-order valence-electron chi connectivity index (χ1n) is 4.48. The fourth-order valence-electron chi connectivity index (χ4n) is 1.41. The molecule has 14 heavy (non-hydrogen) atoms. The number of alkyl halides is 1. The van der Waals surface area contributed by atoms with Gasteiger partial charge in [0.25, 0.3) is 0 Å². The van der Waals surface area contributed by atoms with E-state index in [1.54, 1.807) is 0 Å². The Hall–Kier alpha value is -1.09. The van der Waals surface area contributed by atoms with Crippen molar-refractivity contribution in [3.05, 3.63) is 47.8 Å². The first-order chi connectivity index (χ1) is 6.83. The van der Waals surface area contributed by atoms with Crippen LogP contribution in [0.25, 0.3) is 5.69 Å². The molecule has 2 aromatic rings. The van der Waals surface area contributed by atoms with Crippen LogP contribution < -0.4 is 0 Å². The lowest BCUT2D eigenvalue weighted by molar-refractivity contribution is 0.842. The van der Waals surface area contributed by atoms with Crippen LogP contribution in [-0.4, -0.2) is 9.78 Å². The Kier molecular flexibility index (Phi) is 2.68. The van der Waals surface area contributed by atoms with Crippen LogP contribution in [0.2, 0.25) is 0 Å². The van der Waals surface area contributed by atoms with Crippen molar-refractivity contribution in [2.24, 2.45) is 0 Å². The molecule has 0 aliphatic rings. The van der Waals surface area contributed by atoms with Gasteiger partial charge in [0.2, 0.25) is 0 Å². The van der Waals surface area contributed by atoms with Crippen LogP contribution in [0.3, 0.4) is 0 Å². The smallest absolute Gasteiger partial charge is 0.0649 e. The van der Waals surface area contributed by atoms with Gasteiger partial charge in [-0.2, -0.15) is 5.10 Å². The van der Waals surface area contributed by atoms with Gasteiger partial charge in [-0.1, -0.05) is 34.1 Å². The molecule has 0 radical (unpaired) electrons. The van der Waals surface area contributed by atoms with E-state index in [1.807, 2.05) is 29.1 Å². The molecule has 0 saturated heterocycles. The molecule has 3 heteroatoms. The van der Waals surface area contributed by atoms with Gasteiger partial charge in [0.15, 0.2) is 0 Å². The third-order valence-corrected chi connectivity index (χ3v) is 2.74. The molecule has 0 atom stereocenters. The first kappa shape index (κ1) is 9.46. The lowest BCUT2D eigenvalue weighted by Crippen LogP contribution is -2.00. The van der Waals surface area contributed by atoms with Crippen molar-refractivity contribution in [2.75, 3.05) is 0 Å². The zero-order valence-electron chi connectivity index (χ0n) is 7.94. The van der Waals surface area contributed by atoms with Crippen LogP contribution in [0.15, 0.2) is 36.5 Å². The molecular weight excluding hydrogens is 240 g/mol. The Morgan fingerprint density at radius 2 is 2.00 bits per heavy atom. The SMILES string of the molecule is Cc1cnn(-c2ccccc2)c1CBr. The van der Waals surface area contributed by atoms with E-state index in [2.05, 4.69) is 40.1 Å². The van der Waals surface area contributed by atoms with E-state index in [0.717, 1.165) is 11.0 Å². The van der Waals surface area contributed by atoms with E-state index < -0.39 is 0 Å². The molecular formula is C11H11BrN2. The number of hydrogen-bond acceptors (Lipinski definition) is 1. The summed E-state index contributed by atoms with van der Waals surface area (Å²) in [4.78, 5) is 0. The Labute approximate surface area is 91.7 Å². The third-order valence-electron chi connectivity index (χ3n) is 2.21. The van der Waals surface area contributed by atoms with Gasteiger partial charge in [-0.05, 0) is 24.6 Å². The quantitative estimate of drug-likeness (QED) is 0.750. The Bertz CT molecular complexity index is 420. The van der Waals surface area contributed by atoms with Crippen molar-refractivity contribution in [3.8, 4) is 5.69 Å². The fourth-order valence-corrected chi connectivity index (χ4v) is 2.09. The van der Waals surface area contributed by atoms with Crippen LogP contribution in [-0.2, 0) is 5.33 Å². The van der Waals surface area contributed by atoms with Gasteiger partial charge in [0.1, 0.15) is 0 Å². The number of rotatable bonds is 2. The van der Waals surface area contributed by atoms with Crippen LogP contribution >= 0.6 is 15.9 Å². The molecule has 0 bridgehead atoms. The van der Waals surface area contributed by atoms with E-state index in [4.69, 9.17) is 0 Å². The molecule has 1 heterocycles. The zero-order valence-corrected chi connectivity index (χ0v) is 9.53. The summed E-state index contributed by atoms with van der Waals surface area (Å²) in [5, 5.41) is 5.17. The number of halogens is 1. The summed E-state index contributed by atoms with van der Waals surface area (Å²) in [7, 11) is 0. The van der Waals surface area contributed by atoms with E-state index >= 15 is 0 Å². The molecule has 1 aromatic heterocycles. The maximum Gasteiger partial charge on any atom is 0.0649 e. The van der Waals surface area contributed by atoms with Crippen molar-refractivity contribution >= 4 is 15.9 Å². The van der Waals surface area contributed by atoms with E-state index in [1.165, 1.54) is 11.3 Å². The molecule has 0 aliphatic carbocycles. The number of aryl methyl sites for hydroxylation is 1. The van der Waals surface area contributed by atoms with Crippen LogP contribution in [0.4, 0.5) is 0 Å². The van der Waals surface area contributed by atoms with Gasteiger partial charge in [0.05, 0.1) is 17.6 Å². The lowest BCUT2D eigenvalue weighted by Gasteiger charge is -2.05. The summed E-state index contributed by atoms with van der Waals surface area (Å²) in [5.41, 5.74) is 3.52. The number of nitrogens with zero attached hydrogens (tertiary/aromatic N) is 2. The Morgan fingerprint density at radius 3 is 2.64 bits per heavy atom. The predicted octanol–water partition coefficient (Wildman–Crippen LogP) is 3.08. The van der Waals surface area contributed by atoms with Gasteiger partial charge in [-0.15, -0.1) is 0 Å². The summed E-state index contributed by atoms with van der Waals surface area (Å²) in [6.07, 6.45) is 1.89. The summed E-state index contributed by atoms with van der Waals surface area (Å²) < 4.78 is 1.96. The molecule has 0 saturated carbocycles. The predicted molar refractivity (Wildman–Crippen MR) is 60.9 cm³/mol. The highest BCUT2D eigenvalue weighted by atomic mass is 79.9. The summed E-state index contributed by atoms with van der Waals surface area (Å²) in [5.74, 6) is 0. The average molecular weight is 251 g/mol. The van der Waals surface area contributed by atoms with Crippen LogP contribution in [0.1, 0.15) is 11.3 Å². The molecule has 1 aromatic carbocycles. The summed E-state index contributed by atoms with van der Waals surface area (Å²) >= 11 is 3.47. The van der Waals surface area contributed by atoms with Gasteiger partial charge < -0.3 is 0 Å². The van der Waals surface area contributed by atoms with Gasteiger partial charge in [-0.25, -0.2) is 4.68 Å². The minimum atomic E-state index is 0.827. The van der Waals surface area contributed by atoms with Crippen molar-refractivity contribution < 1.29 is 0 Å². The summed E-state index contributed by atoms with van der Waals surface area (Å²) in [6.45, 7) is 2.07. The van der Waals surface area contributed by atoms with Crippen molar-refractivity contribution in [2.45, 2.75) is 12.3 Å². The Morgan fingerprint density at radius 1 is 1.29 bits per heavy atom. The number of aromatic nitrogens is 2. The lowest BCUT2D eigenvalue weighted by atomic mass is 10.3.